The van der Waals surface area contributed by atoms with Gasteiger partial charge in [-0.2, -0.15) is 0 Å². The van der Waals surface area contributed by atoms with Crippen LogP contribution in [0.15, 0.2) is 237 Å². The van der Waals surface area contributed by atoms with Gasteiger partial charge in [-0.05, 0) is 87.5 Å². The van der Waals surface area contributed by atoms with Gasteiger partial charge in [0.1, 0.15) is 0 Å². The molecule has 10 rings (SSSR count). The van der Waals surface area contributed by atoms with Gasteiger partial charge >= 0.3 is 0 Å². The number of hydrogen-bond donors (Lipinski definition) is 0. The molecule has 0 saturated heterocycles. The number of nitrogens with zero attached hydrogens (tertiary/aromatic N) is 3. The zero-order valence-corrected chi connectivity index (χ0v) is 32.4. The molecule has 59 heavy (non-hydrogen) atoms. The van der Waals surface area contributed by atoms with Crippen molar-refractivity contribution in [3.05, 3.63) is 237 Å². The maximum atomic E-state index is 5.22. The number of benzene rings is 9. The van der Waals surface area contributed by atoms with E-state index in [0.717, 1.165) is 84.0 Å². The molecule has 0 spiro atoms. The minimum atomic E-state index is 0.850. The van der Waals surface area contributed by atoms with Crippen molar-refractivity contribution in [3.63, 3.8) is 0 Å². The van der Waals surface area contributed by atoms with Crippen LogP contribution in [0, 0.1) is 0 Å². The summed E-state index contributed by atoms with van der Waals surface area (Å²) in [6.07, 6.45) is 0. The molecule has 0 N–H and O–H groups in total. The van der Waals surface area contributed by atoms with Crippen LogP contribution >= 0.6 is 0 Å². The maximum Gasteiger partial charge on any atom is 0.0973 e. The predicted octanol–water partition coefficient (Wildman–Crippen LogP) is 15.1. The van der Waals surface area contributed by atoms with Crippen LogP contribution in [0.4, 0.5) is 17.1 Å². The Morgan fingerprint density at radius 3 is 1.20 bits per heavy atom. The number of aromatic nitrogens is 2. The molecular weight excluding hydrogens is 715 g/mol. The average Bonchev–Trinajstić information content (AvgIpc) is 3.33. The molecule has 1 heterocycles. The van der Waals surface area contributed by atoms with Gasteiger partial charge in [0, 0.05) is 28.1 Å². The number of anilines is 3. The topological polar surface area (TPSA) is 29.0 Å². The van der Waals surface area contributed by atoms with E-state index in [1.807, 2.05) is 30.3 Å². The molecule has 0 aliphatic carbocycles. The molecule has 0 aliphatic rings. The van der Waals surface area contributed by atoms with E-state index in [-0.39, 0.29) is 0 Å². The fraction of sp³-hybridized carbons (Fsp3) is 0. The van der Waals surface area contributed by atoms with Crippen molar-refractivity contribution in [1.82, 2.24) is 9.97 Å². The van der Waals surface area contributed by atoms with Crippen molar-refractivity contribution in [2.24, 2.45) is 0 Å². The maximum absolute atomic E-state index is 5.22. The highest BCUT2D eigenvalue weighted by Crippen LogP contribution is 2.46. The highest BCUT2D eigenvalue weighted by molar-refractivity contribution is 5.96. The van der Waals surface area contributed by atoms with Crippen molar-refractivity contribution < 1.29 is 0 Å². The molecule has 3 nitrogen and oxygen atoms in total. The Balaban J connectivity index is 1.19. The summed E-state index contributed by atoms with van der Waals surface area (Å²) >= 11 is 0. The van der Waals surface area contributed by atoms with Gasteiger partial charge in [-0.1, -0.05) is 188 Å². The summed E-state index contributed by atoms with van der Waals surface area (Å²) in [4.78, 5) is 12.8. The third kappa shape index (κ3) is 7.18. The fourth-order valence-corrected chi connectivity index (χ4v) is 8.01. The van der Waals surface area contributed by atoms with E-state index < -0.39 is 0 Å². The van der Waals surface area contributed by atoms with Gasteiger partial charge in [0.05, 0.1) is 28.1 Å². The number of para-hydroxylation sites is 3. The third-order valence-corrected chi connectivity index (χ3v) is 10.9. The van der Waals surface area contributed by atoms with Crippen LogP contribution in [0.25, 0.3) is 78.1 Å². The summed E-state index contributed by atoms with van der Waals surface area (Å²) in [5.74, 6) is 0. The first-order chi connectivity index (χ1) is 29.3. The van der Waals surface area contributed by atoms with Crippen LogP contribution in [0.2, 0.25) is 0 Å². The van der Waals surface area contributed by atoms with E-state index in [1.54, 1.807) is 0 Å². The van der Waals surface area contributed by atoms with Crippen LogP contribution in [0.5, 0.6) is 0 Å². The van der Waals surface area contributed by atoms with Crippen molar-refractivity contribution in [1.29, 1.82) is 0 Å². The Labute approximate surface area is 345 Å². The third-order valence-electron chi connectivity index (χ3n) is 10.9. The smallest absolute Gasteiger partial charge is 0.0973 e. The Morgan fingerprint density at radius 2 is 0.661 bits per heavy atom. The summed E-state index contributed by atoms with van der Waals surface area (Å²) in [6, 6.07) is 83.7. The molecule has 0 saturated carbocycles. The van der Waals surface area contributed by atoms with Gasteiger partial charge in [-0.25, -0.2) is 9.97 Å². The van der Waals surface area contributed by atoms with Crippen molar-refractivity contribution >= 4 is 28.1 Å². The first-order valence-electron chi connectivity index (χ1n) is 20.0. The lowest BCUT2D eigenvalue weighted by atomic mass is 9.92. The van der Waals surface area contributed by atoms with Crippen LogP contribution in [0.3, 0.4) is 0 Å². The second kappa shape index (κ2) is 15.9. The van der Waals surface area contributed by atoms with Gasteiger partial charge in [-0.3, -0.25) is 0 Å². The Hall–Kier alpha value is -7.88. The molecule has 0 radical (unpaired) electrons. The van der Waals surface area contributed by atoms with Crippen molar-refractivity contribution in [2.45, 2.75) is 0 Å². The molecule has 0 fully saturated rings. The number of hydrogen-bond acceptors (Lipinski definition) is 3. The second-order valence-electron chi connectivity index (χ2n) is 14.6. The van der Waals surface area contributed by atoms with E-state index in [2.05, 4.69) is 211 Å². The van der Waals surface area contributed by atoms with Crippen molar-refractivity contribution in [2.75, 3.05) is 4.90 Å². The summed E-state index contributed by atoms with van der Waals surface area (Å²) in [5, 5.41) is 0. The monoisotopic (exact) mass is 753 g/mol. The highest BCUT2D eigenvalue weighted by Gasteiger charge is 2.22. The molecule has 1 aromatic heterocycles. The number of fused-ring (bicyclic) bond motifs is 1. The summed E-state index contributed by atoms with van der Waals surface area (Å²) in [7, 11) is 0. The summed E-state index contributed by atoms with van der Waals surface area (Å²) in [5.41, 5.74) is 17.9. The SMILES string of the molecule is c1ccc(-c2cc(-c3ccccc3)cc(N(c3ccc(-c4nc5ccccc5nc4-c4ccccc4)cc3)c3ccccc3-c3ccccc3-c3ccccc3)c2)cc1. The van der Waals surface area contributed by atoms with Crippen LogP contribution in [-0.4, -0.2) is 9.97 Å². The quantitative estimate of drug-likeness (QED) is 0.147. The van der Waals surface area contributed by atoms with Crippen LogP contribution in [0.1, 0.15) is 0 Å². The molecule has 3 heteroatoms. The molecule has 10 aromatic rings. The lowest BCUT2D eigenvalue weighted by Crippen LogP contribution is -2.12. The minimum absolute atomic E-state index is 0.850. The average molecular weight is 754 g/mol. The largest absolute Gasteiger partial charge is 0.310 e. The summed E-state index contributed by atoms with van der Waals surface area (Å²) < 4.78 is 0. The molecule has 0 atom stereocenters. The zero-order chi connectivity index (χ0) is 39.4. The lowest BCUT2D eigenvalue weighted by Gasteiger charge is -2.29. The number of rotatable bonds is 9. The zero-order valence-electron chi connectivity index (χ0n) is 32.4. The normalized spacial score (nSPS) is 11.1. The van der Waals surface area contributed by atoms with Crippen LogP contribution < -0.4 is 4.90 Å². The second-order valence-corrected chi connectivity index (χ2v) is 14.6. The molecular formula is C56H39N3. The minimum Gasteiger partial charge on any atom is -0.310 e. The Morgan fingerprint density at radius 1 is 0.254 bits per heavy atom. The van der Waals surface area contributed by atoms with Gasteiger partial charge < -0.3 is 4.90 Å². The van der Waals surface area contributed by atoms with Gasteiger partial charge in [0.15, 0.2) is 0 Å². The molecule has 278 valence electrons. The predicted molar refractivity (Wildman–Crippen MR) is 247 cm³/mol. The molecule has 0 unspecified atom stereocenters. The van der Waals surface area contributed by atoms with E-state index >= 15 is 0 Å². The molecule has 9 aromatic carbocycles. The van der Waals surface area contributed by atoms with E-state index in [1.165, 1.54) is 11.1 Å². The van der Waals surface area contributed by atoms with E-state index in [0.29, 0.717) is 0 Å². The van der Waals surface area contributed by atoms with Gasteiger partial charge in [-0.15, -0.1) is 0 Å². The first-order valence-corrected chi connectivity index (χ1v) is 20.0. The van der Waals surface area contributed by atoms with E-state index in [9.17, 15) is 0 Å². The van der Waals surface area contributed by atoms with Gasteiger partial charge in [0.2, 0.25) is 0 Å². The lowest BCUT2D eigenvalue weighted by molar-refractivity contribution is 1.27. The van der Waals surface area contributed by atoms with E-state index in [4.69, 9.17) is 9.97 Å². The highest BCUT2D eigenvalue weighted by atomic mass is 15.1. The Kier molecular flexibility index (Phi) is 9.59. The molecule has 0 amide bonds. The first kappa shape index (κ1) is 35.5. The summed E-state index contributed by atoms with van der Waals surface area (Å²) in [6.45, 7) is 0. The standard InChI is InChI=1S/C56H39N3/c1-5-19-40(20-6-1)45-37-46(41-21-7-2-8-22-41)39-48(38-45)59(54-32-18-15-29-51(54)50-28-14-13-27-49(50)42-23-9-3-10-24-42)47-35-33-44(34-36-47)56-55(43-25-11-4-12-26-43)57-52-30-16-17-31-53(52)58-56/h1-39H. The molecule has 0 aliphatic heterocycles. The van der Waals surface area contributed by atoms with Crippen molar-refractivity contribution in [3.8, 4) is 67.0 Å². The van der Waals surface area contributed by atoms with Gasteiger partial charge in [0.25, 0.3) is 0 Å². The fourth-order valence-electron chi connectivity index (χ4n) is 8.01. The molecule has 0 bridgehead atoms. The Bertz CT molecular complexity index is 2960. The van der Waals surface area contributed by atoms with Crippen LogP contribution in [-0.2, 0) is 0 Å².